The first-order valence-corrected chi connectivity index (χ1v) is 6.57. The van der Waals surface area contributed by atoms with Crippen molar-refractivity contribution in [1.29, 1.82) is 0 Å². The minimum absolute atomic E-state index is 0.0373. The summed E-state index contributed by atoms with van der Waals surface area (Å²) >= 11 is 0. The van der Waals surface area contributed by atoms with Crippen LogP contribution < -0.4 is 16.4 Å². The number of carbonyl (C=O) groups excluding carboxylic acids is 1. The van der Waals surface area contributed by atoms with E-state index in [1.165, 1.54) is 0 Å². The van der Waals surface area contributed by atoms with Crippen LogP contribution in [-0.2, 0) is 16.1 Å². The third kappa shape index (κ3) is 6.19. The number of carbonyl (C=O) groups is 1. The molecule has 116 valence electrons. The number of hydrogen-bond donors (Lipinski definition) is 4. The summed E-state index contributed by atoms with van der Waals surface area (Å²) in [7, 11) is 1.58. The molecule has 0 saturated heterocycles. The van der Waals surface area contributed by atoms with Crippen molar-refractivity contribution in [2.45, 2.75) is 13.0 Å². The van der Waals surface area contributed by atoms with Crippen LogP contribution in [0.5, 0.6) is 0 Å². The average molecular weight is 295 g/mol. The fraction of sp³-hybridized carbons (Fsp3) is 0.462. The van der Waals surface area contributed by atoms with Gasteiger partial charge in [-0.3, -0.25) is 9.78 Å². The monoisotopic (exact) mass is 295 g/mol. The van der Waals surface area contributed by atoms with Crippen molar-refractivity contribution in [2.24, 2.45) is 10.9 Å². The highest BCUT2D eigenvalue weighted by Gasteiger charge is 2.08. The van der Waals surface area contributed by atoms with E-state index in [2.05, 4.69) is 20.8 Å². The van der Waals surface area contributed by atoms with Crippen molar-refractivity contribution in [3.8, 4) is 0 Å². The van der Waals surface area contributed by atoms with Crippen LogP contribution >= 0.6 is 0 Å². The predicted octanol–water partition coefficient (Wildman–Crippen LogP) is -0.582. The second kappa shape index (κ2) is 9.67. The highest BCUT2D eigenvalue weighted by Crippen LogP contribution is 2.04. The van der Waals surface area contributed by atoms with Gasteiger partial charge in [-0.05, 0) is 11.6 Å². The number of nitrogens with zero attached hydrogens (tertiary/aromatic N) is 2. The smallest absolute Gasteiger partial charge is 0.221 e. The molecule has 0 radical (unpaired) electrons. The molecule has 0 fully saturated rings. The lowest BCUT2D eigenvalue weighted by Gasteiger charge is -2.09. The highest BCUT2D eigenvalue weighted by molar-refractivity contribution is 5.96. The van der Waals surface area contributed by atoms with E-state index >= 15 is 0 Å². The molecule has 0 aliphatic rings. The summed E-state index contributed by atoms with van der Waals surface area (Å²) < 4.78 is 4.84. The predicted molar refractivity (Wildman–Crippen MR) is 78.0 cm³/mol. The van der Waals surface area contributed by atoms with Crippen LogP contribution in [-0.4, -0.2) is 48.7 Å². The SMILES string of the molecule is COCCNC(=O)CCNCc1cccnc1/C(N)=N/O. The molecule has 0 spiro atoms. The lowest BCUT2D eigenvalue weighted by atomic mass is 10.2. The minimum atomic E-state index is -0.0394. The molecule has 1 aromatic rings. The van der Waals surface area contributed by atoms with E-state index in [1.807, 2.05) is 6.07 Å². The van der Waals surface area contributed by atoms with Gasteiger partial charge >= 0.3 is 0 Å². The van der Waals surface area contributed by atoms with Gasteiger partial charge in [0.2, 0.25) is 5.91 Å². The van der Waals surface area contributed by atoms with Gasteiger partial charge in [-0.25, -0.2) is 0 Å². The molecule has 1 heterocycles. The maximum Gasteiger partial charge on any atom is 0.221 e. The van der Waals surface area contributed by atoms with Crippen LogP contribution in [0.25, 0.3) is 0 Å². The lowest BCUT2D eigenvalue weighted by Crippen LogP contribution is -2.30. The second-order valence-corrected chi connectivity index (χ2v) is 4.27. The quantitative estimate of drug-likeness (QED) is 0.159. The summed E-state index contributed by atoms with van der Waals surface area (Å²) in [6.45, 7) is 2.00. The molecule has 5 N–H and O–H groups in total. The number of amidine groups is 1. The van der Waals surface area contributed by atoms with Crippen LogP contribution in [0.2, 0.25) is 0 Å². The Bertz CT molecular complexity index is 479. The summed E-state index contributed by atoms with van der Waals surface area (Å²) in [6.07, 6.45) is 1.93. The van der Waals surface area contributed by atoms with E-state index in [1.54, 1.807) is 19.4 Å². The number of hydrogen-bond acceptors (Lipinski definition) is 6. The van der Waals surface area contributed by atoms with E-state index in [9.17, 15) is 4.79 Å². The van der Waals surface area contributed by atoms with Crippen molar-refractivity contribution in [2.75, 3.05) is 26.8 Å². The number of nitrogens with two attached hydrogens (primary N) is 1. The highest BCUT2D eigenvalue weighted by atomic mass is 16.5. The molecule has 0 aliphatic heterocycles. The Balaban J connectivity index is 2.35. The van der Waals surface area contributed by atoms with Crippen LogP contribution in [0.1, 0.15) is 17.7 Å². The summed E-state index contributed by atoms with van der Waals surface area (Å²) in [6, 6.07) is 3.59. The first-order valence-electron chi connectivity index (χ1n) is 6.57. The maximum atomic E-state index is 11.5. The number of rotatable bonds is 9. The van der Waals surface area contributed by atoms with Crippen molar-refractivity contribution in [3.63, 3.8) is 0 Å². The van der Waals surface area contributed by atoms with Crippen LogP contribution in [0.3, 0.4) is 0 Å². The summed E-state index contributed by atoms with van der Waals surface area (Å²) in [5.41, 5.74) is 6.78. The Kier molecular flexibility index (Phi) is 7.77. The average Bonchev–Trinajstić information content (AvgIpc) is 2.51. The number of amides is 1. The van der Waals surface area contributed by atoms with E-state index in [0.717, 1.165) is 5.56 Å². The molecule has 8 nitrogen and oxygen atoms in total. The molecular weight excluding hydrogens is 274 g/mol. The molecule has 8 heteroatoms. The normalized spacial score (nSPS) is 11.4. The first kappa shape index (κ1) is 16.9. The number of methoxy groups -OCH3 is 1. The Morgan fingerprint density at radius 2 is 2.33 bits per heavy atom. The van der Waals surface area contributed by atoms with Gasteiger partial charge in [0.05, 0.1) is 6.61 Å². The minimum Gasteiger partial charge on any atom is -0.409 e. The number of ether oxygens (including phenoxy) is 1. The number of oxime groups is 1. The van der Waals surface area contributed by atoms with Crippen LogP contribution in [0.15, 0.2) is 23.5 Å². The zero-order chi connectivity index (χ0) is 15.5. The molecular formula is C13H21N5O3. The Morgan fingerprint density at radius 3 is 3.05 bits per heavy atom. The van der Waals surface area contributed by atoms with Gasteiger partial charge in [0, 0.05) is 39.4 Å². The Hall–Kier alpha value is -2.19. The maximum absolute atomic E-state index is 11.5. The third-order valence-electron chi connectivity index (χ3n) is 2.71. The molecule has 0 bridgehead atoms. The zero-order valence-corrected chi connectivity index (χ0v) is 12.0. The van der Waals surface area contributed by atoms with Gasteiger partial charge in [-0.2, -0.15) is 0 Å². The third-order valence-corrected chi connectivity index (χ3v) is 2.71. The first-order chi connectivity index (χ1) is 10.2. The second-order valence-electron chi connectivity index (χ2n) is 4.27. The number of aromatic nitrogens is 1. The van der Waals surface area contributed by atoms with E-state index in [0.29, 0.717) is 38.4 Å². The topological polar surface area (TPSA) is 122 Å². The number of nitrogens with one attached hydrogen (secondary N) is 2. The van der Waals surface area contributed by atoms with Gasteiger partial charge in [-0.1, -0.05) is 11.2 Å². The van der Waals surface area contributed by atoms with Gasteiger partial charge in [0.25, 0.3) is 0 Å². The van der Waals surface area contributed by atoms with Gasteiger partial charge in [0.1, 0.15) is 5.69 Å². The van der Waals surface area contributed by atoms with E-state index in [4.69, 9.17) is 15.7 Å². The molecule has 0 atom stereocenters. The summed E-state index contributed by atoms with van der Waals surface area (Å²) in [5.74, 6) is -0.0768. The van der Waals surface area contributed by atoms with Crippen molar-refractivity contribution >= 4 is 11.7 Å². The Labute approximate surface area is 123 Å². The number of pyridine rings is 1. The molecule has 1 aromatic heterocycles. The molecule has 0 aliphatic carbocycles. The van der Waals surface area contributed by atoms with Gasteiger partial charge in [-0.15, -0.1) is 0 Å². The summed E-state index contributed by atoms with van der Waals surface area (Å²) in [4.78, 5) is 15.5. The Morgan fingerprint density at radius 1 is 1.52 bits per heavy atom. The molecule has 0 aromatic carbocycles. The van der Waals surface area contributed by atoms with Crippen LogP contribution in [0.4, 0.5) is 0 Å². The van der Waals surface area contributed by atoms with Crippen molar-refractivity contribution in [3.05, 3.63) is 29.6 Å². The molecule has 1 rings (SSSR count). The van der Waals surface area contributed by atoms with Crippen molar-refractivity contribution < 1.29 is 14.7 Å². The molecule has 0 saturated carbocycles. The lowest BCUT2D eigenvalue weighted by molar-refractivity contribution is -0.121. The molecule has 0 unspecified atom stereocenters. The fourth-order valence-corrected chi connectivity index (χ4v) is 1.67. The van der Waals surface area contributed by atoms with E-state index < -0.39 is 0 Å². The largest absolute Gasteiger partial charge is 0.409 e. The van der Waals surface area contributed by atoms with Gasteiger partial charge in [0.15, 0.2) is 5.84 Å². The van der Waals surface area contributed by atoms with Crippen LogP contribution in [0, 0.1) is 0 Å². The van der Waals surface area contributed by atoms with Gasteiger partial charge < -0.3 is 26.3 Å². The van der Waals surface area contributed by atoms with E-state index in [-0.39, 0.29) is 11.7 Å². The fourth-order valence-electron chi connectivity index (χ4n) is 1.67. The molecule has 21 heavy (non-hydrogen) atoms. The summed E-state index contributed by atoms with van der Waals surface area (Å²) in [5, 5.41) is 17.5. The zero-order valence-electron chi connectivity index (χ0n) is 12.0. The molecule has 1 amide bonds. The standard InChI is InChI=1S/C13H21N5O3/c1-21-8-7-16-11(19)4-6-15-9-10-3-2-5-17-12(10)13(14)18-20/h2-3,5,15,20H,4,6-9H2,1H3,(H2,14,18)(H,16,19). The van der Waals surface area contributed by atoms with Crippen molar-refractivity contribution in [1.82, 2.24) is 15.6 Å².